The normalized spacial score (nSPS) is 29.9. The van der Waals surface area contributed by atoms with Gasteiger partial charge < -0.3 is 10.2 Å². The Labute approximate surface area is 96.4 Å². The zero-order valence-electron chi connectivity index (χ0n) is 10.2. The summed E-state index contributed by atoms with van der Waals surface area (Å²) >= 11 is 0. The van der Waals surface area contributed by atoms with Crippen molar-refractivity contribution in [3.8, 4) is 0 Å². The van der Waals surface area contributed by atoms with E-state index in [1.807, 2.05) is 11.8 Å². The summed E-state index contributed by atoms with van der Waals surface area (Å²) in [6.45, 7) is 6.34. The van der Waals surface area contributed by atoms with Gasteiger partial charge in [0, 0.05) is 19.0 Å². The minimum absolute atomic E-state index is 0.0230. The Morgan fingerprint density at radius 2 is 2.00 bits per heavy atom. The van der Waals surface area contributed by atoms with Gasteiger partial charge in [0.15, 0.2) is 0 Å². The summed E-state index contributed by atoms with van der Waals surface area (Å²) in [7, 11) is 0. The predicted octanol–water partition coefficient (Wildman–Crippen LogP) is 0.912. The molecule has 16 heavy (non-hydrogen) atoms. The van der Waals surface area contributed by atoms with Gasteiger partial charge in [-0.1, -0.05) is 0 Å². The van der Waals surface area contributed by atoms with E-state index in [2.05, 4.69) is 5.32 Å². The molecule has 0 bridgehead atoms. The maximum Gasteiger partial charge on any atom is 0.248 e. The van der Waals surface area contributed by atoms with Crippen LogP contribution in [0, 0.1) is 5.92 Å². The lowest BCUT2D eigenvalue weighted by atomic mass is 10.0. The van der Waals surface area contributed by atoms with Gasteiger partial charge in [-0.25, -0.2) is 0 Å². The van der Waals surface area contributed by atoms with Crippen LogP contribution in [0.25, 0.3) is 0 Å². The van der Waals surface area contributed by atoms with E-state index in [0.717, 1.165) is 6.54 Å². The molecule has 1 aliphatic carbocycles. The molecule has 0 aromatic heterocycles. The van der Waals surface area contributed by atoms with Crippen molar-refractivity contribution in [3.63, 3.8) is 0 Å². The van der Waals surface area contributed by atoms with Crippen molar-refractivity contribution in [2.75, 3.05) is 6.54 Å². The Bertz CT molecular complexity index is 321. The number of nitrogens with one attached hydrogen (secondary N) is 1. The molecular weight excluding hydrogens is 204 g/mol. The van der Waals surface area contributed by atoms with Gasteiger partial charge in [-0.15, -0.1) is 0 Å². The fourth-order valence-electron chi connectivity index (χ4n) is 2.23. The van der Waals surface area contributed by atoms with Crippen molar-refractivity contribution in [1.29, 1.82) is 0 Å². The standard InChI is InChI=1S/C12H20N2O2/c1-8-6-10(15)13-12(2,3)11(16)14(8)7-9-4-5-9/h8-9H,4-7H2,1-3H3,(H,13,15). The van der Waals surface area contributed by atoms with Gasteiger partial charge in [0.05, 0.1) is 0 Å². The van der Waals surface area contributed by atoms with Gasteiger partial charge >= 0.3 is 0 Å². The summed E-state index contributed by atoms with van der Waals surface area (Å²) in [5.74, 6) is 0.692. The van der Waals surface area contributed by atoms with E-state index in [-0.39, 0.29) is 17.9 Å². The second-order valence-corrected chi connectivity index (χ2v) is 5.63. The third-order valence-electron chi connectivity index (χ3n) is 3.41. The van der Waals surface area contributed by atoms with Gasteiger partial charge in [0.25, 0.3) is 0 Å². The quantitative estimate of drug-likeness (QED) is 0.758. The Morgan fingerprint density at radius 3 is 2.56 bits per heavy atom. The summed E-state index contributed by atoms with van der Waals surface area (Å²) in [5.41, 5.74) is -0.753. The Morgan fingerprint density at radius 1 is 1.38 bits per heavy atom. The van der Waals surface area contributed by atoms with E-state index in [4.69, 9.17) is 0 Å². The maximum absolute atomic E-state index is 12.3. The second kappa shape index (κ2) is 3.75. The fourth-order valence-corrected chi connectivity index (χ4v) is 2.23. The number of hydrogen-bond donors (Lipinski definition) is 1. The van der Waals surface area contributed by atoms with Gasteiger partial charge in [-0.3, -0.25) is 9.59 Å². The summed E-state index contributed by atoms with van der Waals surface area (Å²) in [6.07, 6.45) is 2.86. The van der Waals surface area contributed by atoms with Crippen LogP contribution < -0.4 is 5.32 Å². The Kier molecular flexibility index (Phi) is 2.68. The first-order valence-corrected chi connectivity index (χ1v) is 6.02. The van der Waals surface area contributed by atoms with Gasteiger partial charge in [-0.05, 0) is 39.5 Å². The Balaban J connectivity index is 2.18. The first-order chi connectivity index (χ1) is 7.40. The smallest absolute Gasteiger partial charge is 0.248 e. The predicted molar refractivity (Wildman–Crippen MR) is 60.7 cm³/mol. The van der Waals surface area contributed by atoms with Crippen LogP contribution in [0.5, 0.6) is 0 Å². The molecule has 0 aromatic carbocycles. The molecule has 2 fully saturated rings. The molecule has 4 heteroatoms. The van der Waals surface area contributed by atoms with Crippen LogP contribution in [0.1, 0.15) is 40.0 Å². The number of carbonyl (C=O) groups excluding carboxylic acids is 2. The van der Waals surface area contributed by atoms with Crippen molar-refractivity contribution in [1.82, 2.24) is 10.2 Å². The van der Waals surface area contributed by atoms with Crippen molar-refractivity contribution < 1.29 is 9.59 Å². The average molecular weight is 224 g/mol. The fraction of sp³-hybridized carbons (Fsp3) is 0.833. The number of amides is 2. The summed E-state index contributed by atoms with van der Waals surface area (Å²) in [4.78, 5) is 25.8. The highest BCUT2D eigenvalue weighted by molar-refractivity contribution is 5.93. The lowest BCUT2D eigenvalue weighted by Crippen LogP contribution is -2.54. The highest BCUT2D eigenvalue weighted by Crippen LogP contribution is 2.32. The molecule has 2 amide bonds. The molecule has 1 unspecified atom stereocenters. The maximum atomic E-state index is 12.3. The molecule has 1 atom stereocenters. The largest absolute Gasteiger partial charge is 0.342 e. The molecule has 0 radical (unpaired) electrons. The minimum Gasteiger partial charge on any atom is -0.342 e. The lowest BCUT2D eigenvalue weighted by Gasteiger charge is -2.32. The number of hydrogen-bond acceptors (Lipinski definition) is 2. The van der Waals surface area contributed by atoms with Crippen LogP contribution in [-0.4, -0.2) is 34.8 Å². The summed E-state index contributed by atoms with van der Waals surface area (Å²) in [6, 6.07) is 0.0230. The zero-order chi connectivity index (χ0) is 11.9. The highest BCUT2D eigenvalue weighted by atomic mass is 16.2. The molecule has 1 saturated carbocycles. The summed E-state index contributed by atoms with van der Waals surface area (Å²) in [5, 5.41) is 2.79. The van der Waals surface area contributed by atoms with Gasteiger partial charge in [-0.2, -0.15) is 0 Å². The van der Waals surface area contributed by atoms with Crippen LogP contribution in [0.2, 0.25) is 0 Å². The van der Waals surface area contributed by atoms with E-state index in [1.165, 1.54) is 12.8 Å². The van der Waals surface area contributed by atoms with Crippen LogP contribution in [0.4, 0.5) is 0 Å². The van der Waals surface area contributed by atoms with Crippen molar-refractivity contribution in [2.24, 2.45) is 5.92 Å². The Hall–Kier alpha value is -1.06. The van der Waals surface area contributed by atoms with Crippen LogP contribution >= 0.6 is 0 Å². The molecule has 4 nitrogen and oxygen atoms in total. The van der Waals surface area contributed by atoms with Crippen LogP contribution in [-0.2, 0) is 9.59 Å². The van der Waals surface area contributed by atoms with Crippen LogP contribution in [0.15, 0.2) is 0 Å². The van der Waals surface area contributed by atoms with E-state index in [0.29, 0.717) is 12.3 Å². The molecule has 0 spiro atoms. The van der Waals surface area contributed by atoms with E-state index < -0.39 is 5.54 Å². The van der Waals surface area contributed by atoms with Gasteiger partial charge in [0.2, 0.25) is 11.8 Å². The van der Waals surface area contributed by atoms with E-state index in [1.54, 1.807) is 13.8 Å². The van der Waals surface area contributed by atoms with E-state index in [9.17, 15) is 9.59 Å². The third kappa shape index (κ3) is 2.20. The van der Waals surface area contributed by atoms with Crippen molar-refractivity contribution >= 4 is 11.8 Å². The third-order valence-corrected chi connectivity index (χ3v) is 3.41. The molecule has 2 rings (SSSR count). The molecule has 1 N–H and O–H groups in total. The molecule has 2 aliphatic rings. The first-order valence-electron chi connectivity index (χ1n) is 6.02. The van der Waals surface area contributed by atoms with Crippen molar-refractivity contribution in [3.05, 3.63) is 0 Å². The van der Waals surface area contributed by atoms with Crippen molar-refractivity contribution in [2.45, 2.75) is 51.6 Å². The number of rotatable bonds is 2. The second-order valence-electron chi connectivity index (χ2n) is 5.63. The van der Waals surface area contributed by atoms with Gasteiger partial charge in [0.1, 0.15) is 5.54 Å². The minimum atomic E-state index is -0.753. The van der Waals surface area contributed by atoms with E-state index >= 15 is 0 Å². The SMILES string of the molecule is CC1CC(=O)NC(C)(C)C(=O)N1CC1CC1. The average Bonchev–Trinajstić information content (AvgIpc) is 2.94. The first kappa shape index (κ1) is 11.4. The lowest BCUT2D eigenvalue weighted by molar-refractivity contribution is -0.138. The number of nitrogens with zero attached hydrogens (tertiary/aromatic N) is 1. The topological polar surface area (TPSA) is 49.4 Å². The molecular formula is C12H20N2O2. The molecule has 90 valence electrons. The molecule has 1 saturated heterocycles. The van der Waals surface area contributed by atoms with Crippen LogP contribution in [0.3, 0.4) is 0 Å². The summed E-state index contributed by atoms with van der Waals surface area (Å²) < 4.78 is 0. The molecule has 1 aliphatic heterocycles. The molecule has 1 heterocycles. The monoisotopic (exact) mass is 224 g/mol. The zero-order valence-corrected chi connectivity index (χ0v) is 10.2. The number of carbonyl (C=O) groups is 2. The highest BCUT2D eigenvalue weighted by Gasteiger charge is 2.41. The molecule has 0 aromatic rings.